The Bertz CT molecular complexity index is 360. The van der Waals surface area contributed by atoms with E-state index in [0.29, 0.717) is 6.42 Å². The molecule has 1 rings (SSSR count). The zero-order valence-electron chi connectivity index (χ0n) is 10.5. The number of benzene rings is 1. The molecule has 0 aliphatic heterocycles. The molecule has 92 valence electrons. The molecule has 1 unspecified atom stereocenters. The zero-order chi connectivity index (χ0) is 12.5. The Morgan fingerprint density at radius 3 is 2.76 bits per heavy atom. The summed E-state index contributed by atoms with van der Waals surface area (Å²) in [6.07, 6.45) is 4.25. The van der Waals surface area contributed by atoms with Gasteiger partial charge in [0.2, 0.25) is 5.91 Å². The minimum absolute atomic E-state index is 0.0108. The van der Waals surface area contributed by atoms with Crippen LogP contribution in [-0.4, -0.2) is 12.1 Å². The maximum Gasteiger partial charge on any atom is 0.240 e. The lowest BCUT2D eigenvalue weighted by molar-refractivity contribution is -0.121. The fraction of sp³-hybridized carbons (Fsp3) is 0.429. The summed E-state index contributed by atoms with van der Waals surface area (Å²) in [4.78, 5) is 11.3. The summed E-state index contributed by atoms with van der Waals surface area (Å²) in [6, 6.07) is 10.1. The highest BCUT2D eigenvalue weighted by molar-refractivity contribution is 5.77. The van der Waals surface area contributed by atoms with E-state index in [4.69, 9.17) is 0 Å². The van der Waals surface area contributed by atoms with Gasteiger partial charge in [0.15, 0.2) is 0 Å². The molecule has 0 bridgehead atoms. The lowest BCUT2D eigenvalue weighted by Crippen LogP contribution is -2.17. The van der Waals surface area contributed by atoms with Crippen LogP contribution in [-0.2, 0) is 4.79 Å². The van der Waals surface area contributed by atoms with Crippen molar-refractivity contribution in [3.63, 3.8) is 0 Å². The van der Waals surface area contributed by atoms with Gasteiger partial charge in [-0.2, -0.15) is 5.10 Å². The van der Waals surface area contributed by atoms with E-state index in [-0.39, 0.29) is 11.8 Å². The number of rotatable bonds is 6. The minimum atomic E-state index is -0.0108. The largest absolute Gasteiger partial charge is 0.273 e. The monoisotopic (exact) mass is 232 g/mol. The number of unbranched alkanes of at least 4 members (excludes halogenated alkanes) is 1. The molecule has 0 aromatic heterocycles. The Balaban J connectivity index is 2.36. The van der Waals surface area contributed by atoms with Gasteiger partial charge in [0, 0.05) is 18.6 Å². The van der Waals surface area contributed by atoms with E-state index in [1.165, 1.54) is 5.56 Å². The van der Waals surface area contributed by atoms with Crippen LogP contribution in [0.1, 0.15) is 44.6 Å². The topological polar surface area (TPSA) is 41.5 Å². The van der Waals surface area contributed by atoms with E-state index in [0.717, 1.165) is 12.8 Å². The molecule has 0 heterocycles. The maximum absolute atomic E-state index is 11.3. The van der Waals surface area contributed by atoms with Crippen molar-refractivity contribution in [3.8, 4) is 0 Å². The fourth-order valence-electron chi connectivity index (χ4n) is 1.46. The van der Waals surface area contributed by atoms with E-state index >= 15 is 0 Å². The molecule has 0 saturated heterocycles. The van der Waals surface area contributed by atoms with Crippen molar-refractivity contribution in [2.24, 2.45) is 5.10 Å². The quantitative estimate of drug-likeness (QED) is 0.594. The van der Waals surface area contributed by atoms with E-state index in [1.807, 2.05) is 18.2 Å². The summed E-state index contributed by atoms with van der Waals surface area (Å²) in [5.41, 5.74) is 3.74. The molecule has 1 aromatic carbocycles. The zero-order valence-corrected chi connectivity index (χ0v) is 10.5. The van der Waals surface area contributed by atoms with Gasteiger partial charge in [-0.15, -0.1) is 0 Å². The molecule has 1 amide bonds. The van der Waals surface area contributed by atoms with Crippen LogP contribution in [0, 0.1) is 0 Å². The third-order valence-corrected chi connectivity index (χ3v) is 2.57. The predicted molar refractivity (Wildman–Crippen MR) is 71.0 cm³/mol. The number of carbonyl (C=O) groups excluding carboxylic acids is 1. The standard InChI is InChI=1S/C14H20N2O/c1-3-4-10-14(17)16-15-11-12(2)13-8-6-5-7-9-13/h5-9,11-12H,3-4,10H2,1-2H3,(H,16,17)/b15-11+. The van der Waals surface area contributed by atoms with Crippen molar-refractivity contribution >= 4 is 12.1 Å². The first-order valence-corrected chi connectivity index (χ1v) is 6.11. The van der Waals surface area contributed by atoms with E-state index in [1.54, 1.807) is 6.21 Å². The highest BCUT2D eigenvalue weighted by atomic mass is 16.2. The average molecular weight is 232 g/mol. The van der Waals surface area contributed by atoms with Crippen molar-refractivity contribution in [1.29, 1.82) is 0 Å². The number of hydrogen-bond acceptors (Lipinski definition) is 2. The van der Waals surface area contributed by atoms with Crippen LogP contribution in [0.4, 0.5) is 0 Å². The highest BCUT2D eigenvalue weighted by Crippen LogP contribution is 2.11. The van der Waals surface area contributed by atoms with Crippen molar-refractivity contribution in [1.82, 2.24) is 5.43 Å². The molecule has 1 aromatic rings. The van der Waals surface area contributed by atoms with Crippen molar-refractivity contribution < 1.29 is 4.79 Å². The molecule has 3 nitrogen and oxygen atoms in total. The summed E-state index contributed by atoms with van der Waals surface area (Å²) < 4.78 is 0. The number of hydrazone groups is 1. The molecule has 0 fully saturated rings. The molecule has 3 heteroatoms. The number of amides is 1. The van der Waals surface area contributed by atoms with Crippen LogP contribution < -0.4 is 5.43 Å². The molecule has 0 saturated carbocycles. The second-order valence-corrected chi connectivity index (χ2v) is 4.12. The Morgan fingerprint density at radius 2 is 2.12 bits per heavy atom. The summed E-state index contributed by atoms with van der Waals surface area (Å²) in [5.74, 6) is 0.200. The third kappa shape index (κ3) is 5.29. The smallest absolute Gasteiger partial charge is 0.240 e. The van der Waals surface area contributed by atoms with Gasteiger partial charge < -0.3 is 0 Å². The maximum atomic E-state index is 11.3. The molecule has 0 aliphatic carbocycles. The van der Waals surface area contributed by atoms with Gasteiger partial charge in [0.1, 0.15) is 0 Å². The first kappa shape index (κ1) is 13.4. The molecular weight excluding hydrogens is 212 g/mol. The van der Waals surface area contributed by atoms with Crippen LogP contribution in [0.5, 0.6) is 0 Å². The summed E-state index contributed by atoms with van der Waals surface area (Å²) in [6.45, 7) is 4.12. The second-order valence-electron chi connectivity index (χ2n) is 4.12. The fourth-order valence-corrected chi connectivity index (χ4v) is 1.46. The van der Waals surface area contributed by atoms with Crippen LogP contribution >= 0.6 is 0 Å². The van der Waals surface area contributed by atoms with Gasteiger partial charge in [-0.1, -0.05) is 50.6 Å². The number of hydrogen-bond donors (Lipinski definition) is 1. The van der Waals surface area contributed by atoms with Crippen molar-refractivity contribution in [2.75, 3.05) is 0 Å². The Morgan fingerprint density at radius 1 is 1.41 bits per heavy atom. The van der Waals surface area contributed by atoms with Gasteiger partial charge in [-0.3, -0.25) is 4.79 Å². The summed E-state index contributed by atoms with van der Waals surface area (Å²) in [5, 5.41) is 3.98. The van der Waals surface area contributed by atoms with Crippen LogP contribution in [0.3, 0.4) is 0 Å². The SMILES string of the molecule is CCCCC(=O)N/N=C/C(C)c1ccccc1. The molecule has 0 radical (unpaired) electrons. The van der Waals surface area contributed by atoms with Crippen LogP contribution in [0.15, 0.2) is 35.4 Å². The first-order valence-electron chi connectivity index (χ1n) is 6.11. The molecule has 1 N–H and O–H groups in total. The lowest BCUT2D eigenvalue weighted by Gasteiger charge is -2.05. The van der Waals surface area contributed by atoms with Gasteiger partial charge in [-0.25, -0.2) is 5.43 Å². The summed E-state index contributed by atoms with van der Waals surface area (Å²) in [7, 11) is 0. The van der Waals surface area contributed by atoms with E-state index in [9.17, 15) is 4.79 Å². The van der Waals surface area contributed by atoms with Crippen molar-refractivity contribution in [3.05, 3.63) is 35.9 Å². The normalized spacial score (nSPS) is 12.6. The summed E-state index contributed by atoms with van der Waals surface area (Å²) >= 11 is 0. The van der Waals surface area contributed by atoms with Gasteiger partial charge in [0.05, 0.1) is 0 Å². The molecule has 0 spiro atoms. The second kappa shape index (κ2) is 7.60. The van der Waals surface area contributed by atoms with Gasteiger partial charge in [0.25, 0.3) is 0 Å². The van der Waals surface area contributed by atoms with Gasteiger partial charge >= 0.3 is 0 Å². The van der Waals surface area contributed by atoms with E-state index in [2.05, 4.69) is 36.5 Å². The van der Waals surface area contributed by atoms with Gasteiger partial charge in [-0.05, 0) is 12.0 Å². The number of nitrogens with zero attached hydrogens (tertiary/aromatic N) is 1. The molecule has 17 heavy (non-hydrogen) atoms. The first-order chi connectivity index (χ1) is 8.24. The molecule has 0 aliphatic rings. The van der Waals surface area contributed by atoms with Crippen molar-refractivity contribution in [2.45, 2.75) is 39.0 Å². The highest BCUT2D eigenvalue weighted by Gasteiger charge is 2.01. The number of carbonyl (C=O) groups is 1. The third-order valence-electron chi connectivity index (χ3n) is 2.57. The average Bonchev–Trinajstić information content (AvgIpc) is 2.37. The Kier molecular flexibility index (Phi) is 6.00. The Labute approximate surface area is 103 Å². The molecule has 1 atom stereocenters. The minimum Gasteiger partial charge on any atom is -0.273 e. The lowest BCUT2D eigenvalue weighted by atomic mass is 10.0. The Hall–Kier alpha value is -1.64. The molecular formula is C14H20N2O. The number of nitrogens with one attached hydrogen (secondary N) is 1. The van der Waals surface area contributed by atoms with E-state index < -0.39 is 0 Å². The van der Waals surface area contributed by atoms with Crippen LogP contribution in [0.2, 0.25) is 0 Å². The predicted octanol–water partition coefficient (Wildman–Crippen LogP) is 3.08. The van der Waals surface area contributed by atoms with Crippen LogP contribution in [0.25, 0.3) is 0 Å².